The third kappa shape index (κ3) is 1.77. The van der Waals surface area contributed by atoms with Crippen LogP contribution in [0.3, 0.4) is 0 Å². The van der Waals surface area contributed by atoms with Gasteiger partial charge in [0.25, 0.3) is 0 Å². The first kappa shape index (κ1) is 10.1. The first-order valence-electron chi connectivity index (χ1n) is 3.52. The lowest BCUT2D eigenvalue weighted by Gasteiger charge is -2.05. The number of hydrogen-bond acceptors (Lipinski definition) is 1. The maximum absolute atomic E-state index is 4.24. The van der Waals surface area contributed by atoms with E-state index in [-0.39, 0.29) is 5.48 Å². The third-order valence-electron chi connectivity index (χ3n) is 2.15. The number of nitrogens with zero attached hydrogens (tertiary/aromatic N) is 1. The van der Waals surface area contributed by atoms with E-state index in [1.54, 1.807) is 0 Å². The van der Waals surface area contributed by atoms with E-state index in [1.165, 1.54) is 16.7 Å². The van der Waals surface area contributed by atoms with Crippen LogP contribution in [0.1, 0.15) is 22.4 Å². The van der Waals surface area contributed by atoms with E-state index >= 15 is 0 Å². The second-order valence-corrected chi connectivity index (χ2v) is 2.78. The Morgan fingerprint density at radius 1 is 1.00 bits per heavy atom. The predicted octanol–water partition coefficient (Wildman–Crippen LogP) is 1.49. The molecule has 0 aliphatic heterocycles. The molecule has 0 radical (unpaired) electrons. The molecule has 0 amide bonds. The summed E-state index contributed by atoms with van der Waals surface area (Å²) in [6, 6.07) is 0. The minimum atomic E-state index is 0. The van der Waals surface area contributed by atoms with Gasteiger partial charge in [-0.25, -0.2) is 0 Å². The SMILES string of the molecule is Cc1cnc(C)c(C)c1C.O. The first-order chi connectivity index (χ1) is 4.63. The van der Waals surface area contributed by atoms with Gasteiger partial charge in [0.05, 0.1) is 0 Å². The van der Waals surface area contributed by atoms with Crippen LogP contribution in [0, 0.1) is 27.7 Å². The van der Waals surface area contributed by atoms with Crippen LogP contribution in [0.5, 0.6) is 0 Å². The molecule has 2 N–H and O–H groups in total. The second-order valence-electron chi connectivity index (χ2n) is 2.78. The van der Waals surface area contributed by atoms with E-state index in [2.05, 4.69) is 25.8 Å². The van der Waals surface area contributed by atoms with Crippen molar-refractivity contribution < 1.29 is 5.48 Å². The van der Waals surface area contributed by atoms with Crippen LogP contribution in [0.2, 0.25) is 0 Å². The van der Waals surface area contributed by atoms with Gasteiger partial charge >= 0.3 is 0 Å². The molecule has 0 aliphatic carbocycles. The largest absolute Gasteiger partial charge is 0.412 e. The van der Waals surface area contributed by atoms with Crippen LogP contribution in [0.25, 0.3) is 0 Å². The highest BCUT2D eigenvalue weighted by atomic mass is 16.0. The van der Waals surface area contributed by atoms with Gasteiger partial charge in [-0.3, -0.25) is 4.98 Å². The Bertz CT molecular complexity index is 229. The van der Waals surface area contributed by atoms with Gasteiger partial charge in [-0.15, -0.1) is 0 Å². The zero-order valence-corrected chi connectivity index (χ0v) is 7.52. The molecule has 0 saturated carbocycles. The summed E-state index contributed by atoms with van der Waals surface area (Å²) in [6.45, 7) is 8.39. The minimum absolute atomic E-state index is 0. The van der Waals surface area contributed by atoms with Gasteiger partial charge in [0.2, 0.25) is 0 Å². The zero-order valence-electron chi connectivity index (χ0n) is 7.52. The fourth-order valence-electron chi connectivity index (χ4n) is 0.954. The molecule has 0 aromatic carbocycles. The summed E-state index contributed by atoms with van der Waals surface area (Å²) in [6.07, 6.45) is 1.93. The normalized spacial score (nSPS) is 9.09. The highest BCUT2D eigenvalue weighted by molar-refractivity contribution is 5.32. The summed E-state index contributed by atoms with van der Waals surface area (Å²) < 4.78 is 0. The molecular weight excluding hydrogens is 138 g/mol. The molecular formula is C9H15NO. The van der Waals surface area contributed by atoms with Crippen molar-refractivity contribution >= 4 is 0 Å². The average molecular weight is 153 g/mol. The van der Waals surface area contributed by atoms with E-state index in [9.17, 15) is 0 Å². The Labute approximate surface area is 67.6 Å². The Balaban J connectivity index is 0.000001000. The van der Waals surface area contributed by atoms with E-state index in [1.807, 2.05) is 13.1 Å². The minimum Gasteiger partial charge on any atom is -0.412 e. The van der Waals surface area contributed by atoms with Gasteiger partial charge in [0.15, 0.2) is 0 Å². The Hall–Kier alpha value is -0.890. The number of pyridine rings is 1. The number of rotatable bonds is 0. The monoisotopic (exact) mass is 153 g/mol. The predicted molar refractivity (Wildman–Crippen MR) is 46.8 cm³/mol. The molecule has 62 valence electrons. The molecule has 0 saturated heterocycles. The topological polar surface area (TPSA) is 44.4 Å². The van der Waals surface area contributed by atoms with E-state index in [0.29, 0.717) is 0 Å². The smallest absolute Gasteiger partial charge is 0.0404 e. The zero-order chi connectivity index (χ0) is 7.72. The number of aryl methyl sites for hydroxylation is 2. The van der Waals surface area contributed by atoms with E-state index < -0.39 is 0 Å². The first-order valence-corrected chi connectivity index (χ1v) is 3.52. The Kier molecular flexibility index (Phi) is 3.20. The lowest BCUT2D eigenvalue weighted by atomic mass is 10.1. The Morgan fingerprint density at radius 3 is 2.00 bits per heavy atom. The molecule has 1 heterocycles. The molecule has 2 heteroatoms. The van der Waals surface area contributed by atoms with E-state index in [0.717, 1.165) is 5.69 Å². The second kappa shape index (κ2) is 3.49. The molecule has 2 nitrogen and oxygen atoms in total. The Morgan fingerprint density at radius 2 is 1.55 bits per heavy atom. The molecule has 0 spiro atoms. The van der Waals surface area contributed by atoms with Crippen molar-refractivity contribution in [3.8, 4) is 0 Å². The fraction of sp³-hybridized carbons (Fsp3) is 0.444. The summed E-state index contributed by atoms with van der Waals surface area (Å²) in [5.74, 6) is 0. The van der Waals surface area contributed by atoms with Crippen molar-refractivity contribution in [3.05, 3.63) is 28.6 Å². The highest BCUT2D eigenvalue weighted by Gasteiger charge is 1.98. The summed E-state index contributed by atoms with van der Waals surface area (Å²) in [5, 5.41) is 0. The van der Waals surface area contributed by atoms with E-state index in [4.69, 9.17) is 0 Å². The third-order valence-corrected chi connectivity index (χ3v) is 2.15. The fourth-order valence-corrected chi connectivity index (χ4v) is 0.954. The van der Waals surface area contributed by atoms with Crippen molar-refractivity contribution in [2.75, 3.05) is 0 Å². The van der Waals surface area contributed by atoms with Crippen molar-refractivity contribution in [1.82, 2.24) is 4.98 Å². The van der Waals surface area contributed by atoms with Gasteiger partial charge in [-0.05, 0) is 44.4 Å². The maximum atomic E-state index is 4.24. The van der Waals surface area contributed by atoms with Crippen LogP contribution in [-0.4, -0.2) is 10.5 Å². The van der Waals surface area contributed by atoms with Gasteiger partial charge in [0.1, 0.15) is 0 Å². The van der Waals surface area contributed by atoms with Crippen molar-refractivity contribution in [2.45, 2.75) is 27.7 Å². The quantitative estimate of drug-likeness (QED) is 0.557. The van der Waals surface area contributed by atoms with Gasteiger partial charge in [-0.1, -0.05) is 0 Å². The molecule has 1 aromatic rings. The van der Waals surface area contributed by atoms with Gasteiger partial charge in [0, 0.05) is 11.9 Å². The summed E-state index contributed by atoms with van der Waals surface area (Å²) >= 11 is 0. The lowest BCUT2D eigenvalue weighted by molar-refractivity contribution is 0.824. The number of hydrogen-bond donors (Lipinski definition) is 0. The van der Waals surface area contributed by atoms with Crippen molar-refractivity contribution in [1.29, 1.82) is 0 Å². The summed E-state index contributed by atoms with van der Waals surface area (Å²) in [5.41, 5.74) is 5.11. The van der Waals surface area contributed by atoms with Gasteiger partial charge in [-0.2, -0.15) is 0 Å². The molecule has 0 bridgehead atoms. The van der Waals surface area contributed by atoms with Crippen LogP contribution < -0.4 is 0 Å². The van der Waals surface area contributed by atoms with Crippen LogP contribution in [-0.2, 0) is 0 Å². The van der Waals surface area contributed by atoms with Crippen molar-refractivity contribution in [2.24, 2.45) is 0 Å². The average Bonchev–Trinajstić information content (AvgIpc) is 1.93. The standard InChI is InChI=1S/C9H13N.H2O/c1-6-5-10-9(4)8(3)7(6)2;/h5H,1-4H3;1H2. The van der Waals surface area contributed by atoms with Crippen molar-refractivity contribution in [3.63, 3.8) is 0 Å². The molecule has 1 aromatic heterocycles. The molecule has 1 rings (SSSR count). The highest BCUT2D eigenvalue weighted by Crippen LogP contribution is 2.12. The van der Waals surface area contributed by atoms with Crippen LogP contribution >= 0.6 is 0 Å². The molecule has 0 atom stereocenters. The molecule has 0 unspecified atom stereocenters. The molecule has 11 heavy (non-hydrogen) atoms. The molecule has 0 fully saturated rings. The van der Waals surface area contributed by atoms with Crippen LogP contribution in [0.4, 0.5) is 0 Å². The lowest BCUT2D eigenvalue weighted by Crippen LogP contribution is -1.92. The van der Waals surface area contributed by atoms with Gasteiger partial charge < -0.3 is 5.48 Å². The maximum Gasteiger partial charge on any atom is 0.0404 e. The van der Waals surface area contributed by atoms with Crippen LogP contribution in [0.15, 0.2) is 6.20 Å². The number of aromatic nitrogens is 1. The summed E-state index contributed by atoms with van der Waals surface area (Å²) in [7, 11) is 0. The summed E-state index contributed by atoms with van der Waals surface area (Å²) in [4.78, 5) is 4.24. The molecule has 0 aliphatic rings.